The van der Waals surface area contributed by atoms with Gasteiger partial charge in [-0.05, 0) is 31.7 Å². The van der Waals surface area contributed by atoms with Gasteiger partial charge in [-0.1, -0.05) is 26.7 Å². The monoisotopic (exact) mass is 445 g/mol. The van der Waals surface area contributed by atoms with Crippen molar-refractivity contribution >= 4 is 29.7 Å². The van der Waals surface area contributed by atoms with Gasteiger partial charge in [0, 0.05) is 6.42 Å². The highest BCUT2D eigenvalue weighted by atomic mass is 16.4. The Morgan fingerprint density at radius 3 is 2.13 bits per heavy atom. The molecule has 12 nitrogen and oxygen atoms in total. The molecule has 0 bridgehead atoms. The van der Waals surface area contributed by atoms with Crippen molar-refractivity contribution in [3.63, 3.8) is 0 Å². The van der Waals surface area contributed by atoms with Crippen LogP contribution in [-0.4, -0.2) is 71.1 Å². The van der Waals surface area contributed by atoms with Gasteiger partial charge in [-0.25, -0.2) is 4.79 Å². The van der Waals surface area contributed by atoms with Crippen molar-refractivity contribution in [1.29, 1.82) is 0 Å². The number of carboxylic acid groups (broad SMARTS) is 2. The summed E-state index contributed by atoms with van der Waals surface area (Å²) in [5.41, 5.74) is 11.2. The minimum absolute atomic E-state index is 0.200. The van der Waals surface area contributed by atoms with Crippen LogP contribution in [0.25, 0.3) is 0 Å². The second kappa shape index (κ2) is 15.1. The summed E-state index contributed by atoms with van der Waals surface area (Å²) in [6, 6.07) is -3.20. The molecule has 12 heteroatoms. The third-order valence-corrected chi connectivity index (χ3v) is 4.80. The predicted molar refractivity (Wildman–Crippen MR) is 112 cm³/mol. The van der Waals surface area contributed by atoms with Crippen LogP contribution in [0.1, 0.15) is 52.4 Å². The molecule has 0 saturated carbocycles. The molecule has 0 aliphatic heterocycles. The number of hydrogen-bond donors (Lipinski definition) is 7. The number of aliphatic carboxylic acids is 2. The molecule has 0 aromatic rings. The fraction of sp³-hybridized carbons (Fsp3) is 0.737. The van der Waals surface area contributed by atoms with Crippen molar-refractivity contribution in [3.05, 3.63) is 0 Å². The number of unbranched alkanes of at least 4 members (excludes halogenated alkanes) is 1. The summed E-state index contributed by atoms with van der Waals surface area (Å²) in [6.45, 7) is 3.39. The van der Waals surface area contributed by atoms with E-state index in [4.69, 9.17) is 16.6 Å². The molecule has 0 aliphatic carbocycles. The average molecular weight is 446 g/mol. The SMILES string of the molecule is CCC(C)C(NC(=O)CNC(=O)C(CCC(=O)O)NC(=O)C(N)CCCCN)C(=O)O. The molecule has 3 amide bonds. The quantitative estimate of drug-likeness (QED) is 0.138. The third kappa shape index (κ3) is 11.9. The zero-order chi connectivity index (χ0) is 24.0. The molecule has 9 N–H and O–H groups in total. The Balaban J connectivity index is 4.89. The van der Waals surface area contributed by atoms with Crippen molar-refractivity contribution < 1.29 is 34.2 Å². The highest BCUT2D eigenvalue weighted by Crippen LogP contribution is 2.07. The Bertz CT molecular complexity index is 629. The summed E-state index contributed by atoms with van der Waals surface area (Å²) in [4.78, 5) is 58.8. The smallest absolute Gasteiger partial charge is 0.326 e. The Labute approximate surface area is 181 Å². The van der Waals surface area contributed by atoms with E-state index in [1.807, 2.05) is 0 Å². The molecular formula is C19H35N5O7. The van der Waals surface area contributed by atoms with Crippen LogP contribution in [-0.2, 0) is 24.0 Å². The lowest BCUT2D eigenvalue weighted by atomic mass is 9.99. The zero-order valence-corrected chi connectivity index (χ0v) is 18.1. The first-order valence-electron chi connectivity index (χ1n) is 10.3. The summed E-state index contributed by atoms with van der Waals surface area (Å²) in [7, 11) is 0. The lowest BCUT2D eigenvalue weighted by molar-refractivity contribution is -0.143. The van der Waals surface area contributed by atoms with Gasteiger partial charge in [0.05, 0.1) is 12.6 Å². The first kappa shape index (κ1) is 28.3. The molecule has 4 atom stereocenters. The van der Waals surface area contributed by atoms with E-state index in [0.717, 1.165) is 0 Å². The number of amides is 3. The molecule has 31 heavy (non-hydrogen) atoms. The van der Waals surface area contributed by atoms with Crippen LogP contribution in [0.2, 0.25) is 0 Å². The first-order chi connectivity index (χ1) is 14.5. The van der Waals surface area contributed by atoms with Gasteiger partial charge in [0.25, 0.3) is 0 Å². The number of carbonyl (C=O) groups is 5. The van der Waals surface area contributed by atoms with E-state index in [1.54, 1.807) is 13.8 Å². The predicted octanol–water partition coefficient (Wildman–Crippen LogP) is -1.48. The van der Waals surface area contributed by atoms with Crippen LogP contribution in [0.4, 0.5) is 0 Å². The molecule has 0 spiro atoms. The molecule has 178 valence electrons. The van der Waals surface area contributed by atoms with Crippen LogP contribution in [0.15, 0.2) is 0 Å². The first-order valence-corrected chi connectivity index (χ1v) is 10.3. The molecule has 4 unspecified atom stereocenters. The molecule has 0 heterocycles. The van der Waals surface area contributed by atoms with Crippen LogP contribution in [0.3, 0.4) is 0 Å². The number of carboxylic acids is 2. The third-order valence-electron chi connectivity index (χ3n) is 4.80. The molecule has 0 fully saturated rings. The van der Waals surface area contributed by atoms with Gasteiger partial charge >= 0.3 is 11.9 Å². The second-order valence-electron chi connectivity index (χ2n) is 7.37. The topological polar surface area (TPSA) is 214 Å². The molecular weight excluding hydrogens is 410 g/mol. The maximum Gasteiger partial charge on any atom is 0.326 e. The van der Waals surface area contributed by atoms with Crippen LogP contribution in [0, 0.1) is 5.92 Å². The van der Waals surface area contributed by atoms with Crippen LogP contribution in [0.5, 0.6) is 0 Å². The van der Waals surface area contributed by atoms with E-state index in [-0.39, 0.29) is 18.8 Å². The molecule has 0 rings (SSSR count). The molecule has 0 aromatic carbocycles. The molecule has 0 aliphatic rings. The number of rotatable bonds is 16. The van der Waals surface area contributed by atoms with Crippen molar-refractivity contribution in [1.82, 2.24) is 16.0 Å². The van der Waals surface area contributed by atoms with Gasteiger partial charge in [-0.15, -0.1) is 0 Å². The molecule has 0 radical (unpaired) electrons. The van der Waals surface area contributed by atoms with Crippen LogP contribution < -0.4 is 27.4 Å². The molecule has 0 saturated heterocycles. The fourth-order valence-electron chi connectivity index (χ4n) is 2.65. The number of nitrogens with two attached hydrogens (primary N) is 2. The van der Waals surface area contributed by atoms with Gasteiger partial charge in [-0.2, -0.15) is 0 Å². The number of nitrogens with one attached hydrogen (secondary N) is 3. The summed E-state index contributed by atoms with van der Waals surface area (Å²) < 4.78 is 0. The minimum atomic E-state index is -1.21. The van der Waals surface area contributed by atoms with Gasteiger partial charge in [0.1, 0.15) is 12.1 Å². The van der Waals surface area contributed by atoms with Gasteiger partial charge in [0.2, 0.25) is 17.7 Å². The number of hydrogen-bond acceptors (Lipinski definition) is 7. The average Bonchev–Trinajstić information content (AvgIpc) is 2.71. The Morgan fingerprint density at radius 1 is 0.968 bits per heavy atom. The Hall–Kier alpha value is -2.73. The van der Waals surface area contributed by atoms with E-state index in [0.29, 0.717) is 32.2 Å². The molecule has 0 aromatic heterocycles. The van der Waals surface area contributed by atoms with E-state index in [2.05, 4.69) is 16.0 Å². The largest absolute Gasteiger partial charge is 0.481 e. The normalized spacial score (nSPS) is 14.6. The van der Waals surface area contributed by atoms with Crippen molar-refractivity contribution in [2.45, 2.75) is 70.5 Å². The summed E-state index contributed by atoms with van der Waals surface area (Å²) in [6.07, 6.45) is 1.60. The highest BCUT2D eigenvalue weighted by Gasteiger charge is 2.27. The van der Waals surface area contributed by atoms with Crippen molar-refractivity contribution in [2.24, 2.45) is 17.4 Å². The van der Waals surface area contributed by atoms with Gasteiger partial charge < -0.3 is 37.6 Å². The maximum atomic E-state index is 12.4. The van der Waals surface area contributed by atoms with Crippen molar-refractivity contribution in [3.8, 4) is 0 Å². The summed E-state index contributed by atoms with van der Waals surface area (Å²) in [5.74, 6) is -4.77. The number of carbonyl (C=O) groups excluding carboxylic acids is 3. The van der Waals surface area contributed by atoms with E-state index < -0.39 is 54.3 Å². The van der Waals surface area contributed by atoms with Gasteiger partial charge in [-0.3, -0.25) is 19.2 Å². The lowest BCUT2D eigenvalue weighted by Crippen LogP contribution is -2.54. The van der Waals surface area contributed by atoms with Crippen molar-refractivity contribution in [2.75, 3.05) is 13.1 Å². The lowest BCUT2D eigenvalue weighted by Gasteiger charge is -2.22. The van der Waals surface area contributed by atoms with Gasteiger partial charge in [0.15, 0.2) is 0 Å². The Morgan fingerprint density at radius 2 is 1.61 bits per heavy atom. The Kier molecular flexibility index (Phi) is 13.8. The van der Waals surface area contributed by atoms with Crippen LogP contribution >= 0.6 is 0 Å². The van der Waals surface area contributed by atoms with E-state index in [9.17, 15) is 29.1 Å². The second-order valence-corrected chi connectivity index (χ2v) is 7.37. The highest BCUT2D eigenvalue weighted by molar-refractivity contribution is 5.92. The standard InChI is InChI=1S/C19H35N5O7/c1-3-11(2)16(19(30)31)24-14(25)10-22-18(29)13(7-8-15(26)27)23-17(28)12(21)6-4-5-9-20/h11-13,16H,3-10,20-21H2,1-2H3,(H,22,29)(H,23,28)(H,24,25)(H,26,27)(H,30,31). The maximum absolute atomic E-state index is 12.4. The van der Waals surface area contributed by atoms with E-state index >= 15 is 0 Å². The minimum Gasteiger partial charge on any atom is -0.481 e. The zero-order valence-electron chi connectivity index (χ0n) is 18.1. The fourth-order valence-corrected chi connectivity index (χ4v) is 2.65. The van der Waals surface area contributed by atoms with E-state index in [1.165, 1.54) is 0 Å². The summed E-state index contributed by atoms with van der Waals surface area (Å²) in [5, 5.41) is 25.1. The summed E-state index contributed by atoms with van der Waals surface area (Å²) >= 11 is 0.